The lowest BCUT2D eigenvalue weighted by Gasteiger charge is -2.26. The Balaban J connectivity index is 1.89. The molecule has 100 valence electrons. The van der Waals surface area contributed by atoms with Gasteiger partial charge in [-0.15, -0.1) is 0 Å². The van der Waals surface area contributed by atoms with Gasteiger partial charge in [0, 0.05) is 18.7 Å². The zero-order chi connectivity index (χ0) is 13.0. The van der Waals surface area contributed by atoms with E-state index in [1.807, 2.05) is 0 Å². The molecule has 2 rings (SSSR count). The van der Waals surface area contributed by atoms with Gasteiger partial charge in [-0.1, -0.05) is 11.6 Å². The summed E-state index contributed by atoms with van der Waals surface area (Å²) in [5.74, 6) is 1.94. The summed E-state index contributed by atoms with van der Waals surface area (Å²) >= 11 is 6.09. The highest BCUT2D eigenvalue weighted by Gasteiger charge is 2.18. The van der Waals surface area contributed by atoms with E-state index in [9.17, 15) is 0 Å². The van der Waals surface area contributed by atoms with Crippen molar-refractivity contribution < 1.29 is 4.74 Å². The summed E-state index contributed by atoms with van der Waals surface area (Å²) < 4.78 is 5.09. The average molecular weight is 270 g/mol. The Kier molecular flexibility index (Phi) is 4.66. The van der Waals surface area contributed by atoms with E-state index in [4.69, 9.17) is 22.1 Å². The van der Waals surface area contributed by atoms with Gasteiger partial charge in [0.15, 0.2) is 0 Å². The van der Waals surface area contributed by atoms with Crippen LogP contribution in [0.4, 0.5) is 5.82 Å². The van der Waals surface area contributed by atoms with Gasteiger partial charge in [0.05, 0.1) is 12.1 Å². The number of nitrogens with one attached hydrogen (secondary N) is 1. The highest BCUT2D eigenvalue weighted by atomic mass is 35.5. The lowest BCUT2D eigenvalue weighted by molar-refractivity contribution is 0.338. The number of nitrogens with two attached hydrogens (primary N) is 1. The lowest BCUT2D eigenvalue weighted by Crippen LogP contribution is -2.29. The van der Waals surface area contributed by atoms with Crippen LogP contribution in [0.5, 0.6) is 5.88 Å². The van der Waals surface area contributed by atoms with Crippen LogP contribution in [-0.2, 0) is 0 Å². The van der Waals surface area contributed by atoms with Crippen LogP contribution in [0.2, 0.25) is 5.02 Å². The molecule has 3 N–H and O–H groups in total. The third-order valence-electron chi connectivity index (χ3n) is 3.48. The van der Waals surface area contributed by atoms with Gasteiger partial charge in [0.1, 0.15) is 5.82 Å². The Morgan fingerprint density at radius 3 is 2.78 bits per heavy atom. The largest absolute Gasteiger partial charge is 0.481 e. The fraction of sp³-hybridized carbons (Fsp3) is 0.615. The second-order valence-corrected chi connectivity index (χ2v) is 5.25. The van der Waals surface area contributed by atoms with Crippen LogP contribution in [0.25, 0.3) is 0 Å². The zero-order valence-electron chi connectivity index (χ0n) is 10.7. The number of halogens is 1. The summed E-state index contributed by atoms with van der Waals surface area (Å²) in [5.41, 5.74) is 5.90. The van der Waals surface area contributed by atoms with E-state index in [0.717, 1.165) is 19.4 Å². The molecular weight excluding hydrogens is 250 g/mol. The maximum Gasteiger partial charge on any atom is 0.214 e. The molecule has 4 nitrogen and oxygen atoms in total. The first-order valence-corrected chi connectivity index (χ1v) is 6.77. The minimum Gasteiger partial charge on any atom is -0.481 e. The topological polar surface area (TPSA) is 60.2 Å². The summed E-state index contributed by atoms with van der Waals surface area (Å²) in [5, 5.41) is 3.94. The molecule has 18 heavy (non-hydrogen) atoms. The Labute approximate surface area is 113 Å². The van der Waals surface area contributed by atoms with Crippen molar-refractivity contribution in [2.24, 2.45) is 11.7 Å². The van der Waals surface area contributed by atoms with Gasteiger partial charge in [-0.05, 0) is 37.7 Å². The summed E-state index contributed by atoms with van der Waals surface area (Å²) in [7, 11) is 1.60. The molecule has 1 aliphatic carbocycles. The third kappa shape index (κ3) is 3.50. The minimum atomic E-state index is 0.389. The molecule has 1 heterocycles. The Morgan fingerprint density at radius 2 is 2.11 bits per heavy atom. The first-order chi connectivity index (χ1) is 8.69. The van der Waals surface area contributed by atoms with Crippen LogP contribution in [0.15, 0.2) is 12.1 Å². The van der Waals surface area contributed by atoms with E-state index in [1.165, 1.54) is 12.8 Å². The van der Waals surface area contributed by atoms with Crippen LogP contribution >= 0.6 is 11.6 Å². The van der Waals surface area contributed by atoms with E-state index in [2.05, 4.69) is 10.3 Å². The van der Waals surface area contributed by atoms with E-state index in [0.29, 0.717) is 28.7 Å². The molecule has 0 atom stereocenters. The van der Waals surface area contributed by atoms with Crippen LogP contribution < -0.4 is 15.8 Å². The van der Waals surface area contributed by atoms with Crippen molar-refractivity contribution in [1.29, 1.82) is 0 Å². The molecule has 0 spiro atoms. The van der Waals surface area contributed by atoms with Crippen molar-refractivity contribution in [3.63, 3.8) is 0 Å². The fourth-order valence-electron chi connectivity index (χ4n) is 2.30. The predicted molar refractivity (Wildman–Crippen MR) is 74.2 cm³/mol. The molecule has 1 aromatic rings. The number of aromatic nitrogens is 1. The molecule has 0 saturated heterocycles. The summed E-state index contributed by atoms with van der Waals surface area (Å²) in [6, 6.07) is 3.94. The summed E-state index contributed by atoms with van der Waals surface area (Å²) in [6.45, 7) is 0.895. The van der Waals surface area contributed by atoms with Gasteiger partial charge in [-0.3, -0.25) is 0 Å². The van der Waals surface area contributed by atoms with Gasteiger partial charge in [-0.25, -0.2) is 0 Å². The molecule has 0 bridgehead atoms. The zero-order valence-corrected chi connectivity index (χ0v) is 11.4. The SMILES string of the molecule is COc1ccc(Cl)c(NCC2CCC(N)CC2)n1. The van der Waals surface area contributed by atoms with Gasteiger partial charge in [-0.2, -0.15) is 4.98 Å². The molecule has 1 aromatic heterocycles. The van der Waals surface area contributed by atoms with Crippen molar-refractivity contribution in [2.45, 2.75) is 31.7 Å². The molecule has 0 amide bonds. The number of hydrogen-bond donors (Lipinski definition) is 2. The number of anilines is 1. The second-order valence-electron chi connectivity index (χ2n) is 4.85. The first-order valence-electron chi connectivity index (χ1n) is 6.39. The minimum absolute atomic E-state index is 0.389. The molecule has 1 aliphatic rings. The number of methoxy groups -OCH3 is 1. The lowest BCUT2D eigenvalue weighted by atomic mass is 9.86. The van der Waals surface area contributed by atoms with Crippen LogP contribution in [-0.4, -0.2) is 24.7 Å². The molecule has 0 unspecified atom stereocenters. The Bertz CT molecular complexity index is 392. The van der Waals surface area contributed by atoms with Gasteiger partial charge < -0.3 is 15.8 Å². The van der Waals surface area contributed by atoms with E-state index in [1.54, 1.807) is 19.2 Å². The average Bonchev–Trinajstić information content (AvgIpc) is 2.40. The number of ether oxygens (including phenoxy) is 1. The normalized spacial score (nSPS) is 23.7. The fourth-order valence-corrected chi connectivity index (χ4v) is 2.47. The Hall–Kier alpha value is -1.00. The molecular formula is C13H20ClN3O. The number of nitrogens with zero attached hydrogens (tertiary/aromatic N) is 1. The smallest absolute Gasteiger partial charge is 0.214 e. The van der Waals surface area contributed by atoms with E-state index >= 15 is 0 Å². The molecule has 1 saturated carbocycles. The predicted octanol–water partition coefficient (Wildman–Crippen LogP) is 2.67. The van der Waals surface area contributed by atoms with Gasteiger partial charge in [0.2, 0.25) is 5.88 Å². The molecule has 1 fully saturated rings. The van der Waals surface area contributed by atoms with E-state index < -0.39 is 0 Å². The highest BCUT2D eigenvalue weighted by molar-refractivity contribution is 6.32. The van der Waals surface area contributed by atoms with Crippen LogP contribution in [0, 0.1) is 5.92 Å². The highest BCUT2D eigenvalue weighted by Crippen LogP contribution is 2.26. The van der Waals surface area contributed by atoms with Crippen molar-refractivity contribution in [3.05, 3.63) is 17.2 Å². The molecule has 0 aliphatic heterocycles. The van der Waals surface area contributed by atoms with Gasteiger partial charge in [0.25, 0.3) is 0 Å². The number of hydrogen-bond acceptors (Lipinski definition) is 4. The van der Waals surface area contributed by atoms with Crippen molar-refractivity contribution >= 4 is 17.4 Å². The van der Waals surface area contributed by atoms with E-state index in [-0.39, 0.29) is 0 Å². The first kappa shape index (κ1) is 13.4. The second kappa shape index (κ2) is 6.25. The summed E-state index contributed by atoms with van der Waals surface area (Å²) in [6.07, 6.45) is 4.59. The quantitative estimate of drug-likeness (QED) is 0.882. The molecule has 0 radical (unpaired) electrons. The monoisotopic (exact) mass is 269 g/mol. The van der Waals surface area contributed by atoms with Crippen molar-refractivity contribution in [1.82, 2.24) is 4.98 Å². The number of rotatable bonds is 4. The summed E-state index contributed by atoms with van der Waals surface area (Å²) in [4.78, 5) is 4.30. The third-order valence-corrected chi connectivity index (χ3v) is 3.78. The van der Waals surface area contributed by atoms with Crippen molar-refractivity contribution in [3.8, 4) is 5.88 Å². The van der Waals surface area contributed by atoms with Crippen LogP contribution in [0.1, 0.15) is 25.7 Å². The standard InChI is InChI=1S/C13H20ClN3O/c1-18-12-7-6-11(14)13(17-12)16-8-9-2-4-10(15)5-3-9/h6-7,9-10H,2-5,8,15H2,1H3,(H,16,17). The molecule has 5 heteroatoms. The van der Waals surface area contributed by atoms with Crippen molar-refractivity contribution in [2.75, 3.05) is 19.0 Å². The number of pyridine rings is 1. The van der Waals surface area contributed by atoms with Gasteiger partial charge >= 0.3 is 0 Å². The maximum atomic E-state index is 6.09. The van der Waals surface area contributed by atoms with Crippen LogP contribution in [0.3, 0.4) is 0 Å². The molecule has 0 aromatic carbocycles. The Morgan fingerprint density at radius 1 is 1.39 bits per heavy atom. The maximum absolute atomic E-state index is 6.09.